The second kappa shape index (κ2) is 6.23. The summed E-state index contributed by atoms with van der Waals surface area (Å²) in [5.41, 5.74) is 2.34. The molecule has 0 saturated heterocycles. The second-order valence-corrected chi connectivity index (χ2v) is 4.18. The highest BCUT2D eigenvalue weighted by Gasteiger charge is 2.20. The molecule has 1 atom stereocenters. The summed E-state index contributed by atoms with van der Waals surface area (Å²) >= 11 is 0. The Morgan fingerprint density at radius 2 is 2.31 bits per heavy atom. The molecule has 0 radical (unpaired) electrons. The van der Waals surface area contributed by atoms with Crippen molar-refractivity contribution >= 4 is 12.4 Å². The molecule has 1 aromatic rings. The highest BCUT2D eigenvalue weighted by atomic mass is 35.5. The van der Waals surface area contributed by atoms with Crippen molar-refractivity contribution in [2.45, 2.75) is 45.2 Å². The van der Waals surface area contributed by atoms with E-state index in [1.807, 2.05) is 0 Å². The Morgan fingerprint density at radius 3 is 3.00 bits per heavy atom. The first kappa shape index (κ1) is 13.5. The van der Waals surface area contributed by atoms with Crippen molar-refractivity contribution in [2.24, 2.45) is 0 Å². The largest absolute Gasteiger partial charge is 0.395 e. The van der Waals surface area contributed by atoms with Crippen LogP contribution >= 0.6 is 12.4 Å². The van der Waals surface area contributed by atoms with Crippen LogP contribution in [-0.2, 0) is 19.4 Å². The molecule has 0 amide bonds. The van der Waals surface area contributed by atoms with Gasteiger partial charge in [0.25, 0.3) is 0 Å². The summed E-state index contributed by atoms with van der Waals surface area (Å²) in [7, 11) is 0. The number of aliphatic hydroxyl groups is 1. The van der Waals surface area contributed by atoms with Crippen molar-refractivity contribution in [1.82, 2.24) is 15.3 Å². The Balaban J connectivity index is 0.00000128. The number of hydrogen-bond acceptors (Lipinski definition) is 3. The lowest BCUT2D eigenvalue weighted by Gasteiger charge is -2.20. The lowest BCUT2D eigenvalue weighted by atomic mass is 10.1. The number of aromatic nitrogens is 2. The van der Waals surface area contributed by atoms with Gasteiger partial charge in [0.1, 0.15) is 5.82 Å². The van der Waals surface area contributed by atoms with Crippen LogP contribution in [0.3, 0.4) is 0 Å². The van der Waals surface area contributed by atoms with Gasteiger partial charge in [0.05, 0.1) is 12.3 Å². The number of fused-ring (bicyclic) bond motifs is 1. The normalized spacial score (nSPS) is 19.0. The Labute approximate surface area is 102 Å². The molecule has 5 heteroatoms. The van der Waals surface area contributed by atoms with Gasteiger partial charge in [-0.25, -0.2) is 4.98 Å². The highest BCUT2D eigenvalue weighted by molar-refractivity contribution is 5.85. The van der Waals surface area contributed by atoms with Gasteiger partial charge in [-0.3, -0.25) is 0 Å². The molecule has 4 nitrogen and oxygen atoms in total. The molecular weight excluding hydrogens is 226 g/mol. The predicted molar refractivity (Wildman–Crippen MR) is 65.9 cm³/mol. The Morgan fingerprint density at radius 1 is 1.50 bits per heavy atom. The zero-order valence-corrected chi connectivity index (χ0v) is 10.4. The number of imidazole rings is 1. The molecule has 2 heterocycles. The van der Waals surface area contributed by atoms with E-state index in [4.69, 9.17) is 5.11 Å². The summed E-state index contributed by atoms with van der Waals surface area (Å²) in [4.78, 5) is 7.93. The summed E-state index contributed by atoms with van der Waals surface area (Å²) in [5, 5.41) is 12.3. The summed E-state index contributed by atoms with van der Waals surface area (Å²) in [6.07, 6.45) is 4.28. The molecule has 1 aliphatic heterocycles. The van der Waals surface area contributed by atoms with E-state index in [-0.39, 0.29) is 25.1 Å². The van der Waals surface area contributed by atoms with Gasteiger partial charge in [-0.2, -0.15) is 0 Å². The number of nitrogens with zero attached hydrogens (tertiary/aromatic N) is 1. The minimum Gasteiger partial charge on any atom is -0.395 e. The van der Waals surface area contributed by atoms with Gasteiger partial charge in [0.15, 0.2) is 0 Å². The topological polar surface area (TPSA) is 60.9 Å². The molecule has 0 spiro atoms. The van der Waals surface area contributed by atoms with Crippen molar-refractivity contribution in [2.75, 3.05) is 6.61 Å². The summed E-state index contributed by atoms with van der Waals surface area (Å²) in [5.74, 6) is 1.10. The molecule has 0 bridgehead atoms. The van der Waals surface area contributed by atoms with Gasteiger partial charge in [-0.15, -0.1) is 12.4 Å². The molecule has 0 aliphatic carbocycles. The maximum atomic E-state index is 9.07. The van der Waals surface area contributed by atoms with Gasteiger partial charge in [-0.05, 0) is 6.42 Å². The third-order valence-electron chi connectivity index (χ3n) is 2.91. The number of unbranched alkanes of at least 4 members (excludes halogenated alkanes) is 1. The van der Waals surface area contributed by atoms with Crippen LogP contribution in [0, 0.1) is 0 Å². The standard InChI is InChI=1S/C11H19N3O.ClH/c1-2-3-4-11-13-9-5-8(7-15)12-6-10(9)14-11;/h8,12,15H,2-7H2,1H3,(H,13,14);1H/t8-;/m0./s1. The number of halogens is 1. The fraction of sp³-hybridized carbons (Fsp3) is 0.727. The van der Waals surface area contributed by atoms with E-state index in [0.717, 1.165) is 30.9 Å². The van der Waals surface area contributed by atoms with E-state index in [9.17, 15) is 0 Å². The molecule has 0 saturated carbocycles. The second-order valence-electron chi connectivity index (χ2n) is 4.18. The predicted octanol–water partition coefficient (Wildman–Crippen LogP) is 1.18. The molecule has 16 heavy (non-hydrogen) atoms. The molecule has 1 aliphatic rings. The van der Waals surface area contributed by atoms with Crippen LogP contribution in [-0.4, -0.2) is 27.7 Å². The van der Waals surface area contributed by atoms with E-state index in [0.29, 0.717) is 0 Å². The van der Waals surface area contributed by atoms with E-state index in [1.54, 1.807) is 0 Å². The Kier molecular flexibility index (Phi) is 5.25. The van der Waals surface area contributed by atoms with E-state index in [2.05, 4.69) is 22.2 Å². The molecule has 1 aromatic heterocycles. The van der Waals surface area contributed by atoms with Crippen LogP contribution < -0.4 is 5.32 Å². The first-order valence-electron chi connectivity index (χ1n) is 5.74. The molecule has 92 valence electrons. The van der Waals surface area contributed by atoms with Crippen molar-refractivity contribution < 1.29 is 5.11 Å². The number of aryl methyl sites for hydroxylation is 1. The number of H-pyrrole nitrogens is 1. The highest BCUT2D eigenvalue weighted by Crippen LogP contribution is 2.15. The molecule has 0 aromatic carbocycles. The zero-order chi connectivity index (χ0) is 10.7. The molecule has 0 unspecified atom stereocenters. The maximum Gasteiger partial charge on any atom is 0.106 e. The minimum atomic E-state index is 0. The average Bonchev–Trinajstić information content (AvgIpc) is 2.67. The quantitative estimate of drug-likeness (QED) is 0.747. The van der Waals surface area contributed by atoms with Gasteiger partial charge in [0.2, 0.25) is 0 Å². The Hall–Kier alpha value is -0.580. The monoisotopic (exact) mass is 245 g/mol. The lowest BCUT2D eigenvalue weighted by Crippen LogP contribution is -2.38. The summed E-state index contributed by atoms with van der Waals surface area (Å²) in [6, 6.07) is 0.192. The smallest absolute Gasteiger partial charge is 0.106 e. The SMILES string of the molecule is CCCCc1nc2c([nH]1)C[C@@H](CO)NC2.Cl. The molecule has 3 N–H and O–H groups in total. The zero-order valence-electron chi connectivity index (χ0n) is 9.62. The molecular formula is C11H20ClN3O. The minimum absolute atomic E-state index is 0. The van der Waals surface area contributed by atoms with Crippen LogP contribution in [0.25, 0.3) is 0 Å². The first-order chi connectivity index (χ1) is 7.33. The van der Waals surface area contributed by atoms with E-state index in [1.165, 1.54) is 18.5 Å². The third-order valence-corrected chi connectivity index (χ3v) is 2.91. The van der Waals surface area contributed by atoms with Crippen LogP contribution in [0.2, 0.25) is 0 Å². The number of aromatic amines is 1. The third kappa shape index (κ3) is 2.97. The number of rotatable bonds is 4. The van der Waals surface area contributed by atoms with E-state index < -0.39 is 0 Å². The molecule has 2 rings (SSSR count). The molecule has 0 fully saturated rings. The van der Waals surface area contributed by atoms with E-state index >= 15 is 0 Å². The van der Waals surface area contributed by atoms with Crippen molar-refractivity contribution in [3.63, 3.8) is 0 Å². The van der Waals surface area contributed by atoms with Crippen LogP contribution in [0.5, 0.6) is 0 Å². The number of aliphatic hydroxyl groups excluding tert-OH is 1. The Bertz CT molecular complexity index is 327. The maximum absolute atomic E-state index is 9.07. The van der Waals surface area contributed by atoms with Gasteiger partial charge in [-0.1, -0.05) is 13.3 Å². The van der Waals surface area contributed by atoms with Gasteiger partial charge >= 0.3 is 0 Å². The van der Waals surface area contributed by atoms with Crippen LogP contribution in [0.4, 0.5) is 0 Å². The van der Waals surface area contributed by atoms with Gasteiger partial charge in [0, 0.05) is 31.1 Å². The van der Waals surface area contributed by atoms with Crippen LogP contribution in [0.15, 0.2) is 0 Å². The van der Waals surface area contributed by atoms with Crippen molar-refractivity contribution in [3.05, 3.63) is 17.2 Å². The van der Waals surface area contributed by atoms with Crippen LogP contribution in [0.1, 0.15) is 37.0 Å². The summed E-state index contributed by atoms with van der Waals surface area (Å²) in [6.45, 7) is 3.16. The first-order valence-corrected chi connectivity index (χ1v) is 5.74. The lowest BCUT2D eigenvalue weighted by molar-refractivity contribution is 0.234. The number of hydrogen-bond donors (Lipinski definition) is 3. The number of nitrogens with one attached hydrogen (secondary N) is 2. The fourth-order valence-electron chi connectivity index (χ4n) is 1.97. The van der Waals surface area contributed by atoms with Crippen molar-refractivity contribution in [1.29, 1.82) is 0 Å². The fourth-order valence-corrected chi connectivity index (χ4v) is 1.97. The summed E-state index contributed by atoms with van der Waals surface area (Å²) < 4.78 is 0. The van der Waals surface area contributed by atoms with Crippen molar-refractivity contribution in [3.8, 4) is 0 Å². The van der Waals surface area contributed by atoms with Gasteiger partial charge < -0.3 is 15.4 Å². The average molecular weight is 246 g/mol.